The van der Waals surface area contributed by atoms with E-state index in [1.807, 2.05) is 0 Å². The van der Waals surface area contributed by atoms with E-state index in [-0.39, 0.29) is 30.5 Å². The third kappa shape index (κ3) is 5.11. The number of nitrogens with two attached hydrogens (primary N) is 1. The Balaban J connectivity index is 2.08. The lowest BCUT2D eigenvalue weighted by Crippen LogP contribution is -2.51. The van der Waals surface area contributed by atoms with Gasteiger partial charge in [0.2, 0.25) is 11.8 Å². The maximum atomic E-state index is 13.2. The first kappa shape index (κ1) is 19.5. The number of aliphatic hydroxyl groups excluding tert-OH is 2. The molecule has 1 aliphatic rings. The summed E-state index contributed by atoms with van der Waals surface area (Å²) in [5, 5.41) is 24.9. The molecule has 3 atom stereocenters. The van der Waals surface area contributed by atoms with Crippen molar-refractivity contribution in [3.05, 3.63) is 47.3 Å². The molecule has 0 bridgehead atoms. The first-order valence-corrected chi connectivity index (χ1v) is 7.97. The molecule has 0 saturated carbocycles. The van der Waals surface area contributed by atoms with Crippen molar-refractivity contribution >= 4 is 17.7 Å². The van der Waals surface area contributed by atoms with Crippen LogP contribution in [0.4, 0.5) is 4.39 Å². The van der Waals surface area contributed by atoms with E-state index in [4.69, 9.17) is 5.73 Å². The minimum absolute atomic E-state index is 0.0322. The van der Waals surface area contributed by atoms with Gasteiger partial charge < -0.3 is 26.6 Å². The Morgan fingerprint density at radius 1 is 1.23 bits per heavy atom. The molecule has 0 heterocycles. The fraction of sp³-hybridized carbons (Fsp3) is 0.353. The number of amides is 3. The Labute approximate surface area is 148 Å². The zero-order chi connectivity index (χ0) is 19.3. The number of hydrogen-bond donors (Lipinski definition) is 5. The average Bonchev–Trinajstić information content (AvgIpc) is 2.58. The first-order valence-electron chi connectivity index (χ1n) is 7.97. The zero-order valence-electron chi connectivity index (χ0n) is 13.8. The zero-order valence-corrected chi connectivity index (χ0v) is 13.8. The molecule has 140 valence electrons. The van der Waals surface area contributed by atoms with Crippen molar-refractivity contribution in [1.82, 2.24) is 10.6 Å². The van der Waals surface area contributed by atoms with E-state index in [1.165, 1.54) is 24.3 Å². The highest BCUT2D eigenvalue weighted by atomic mass is 19.1. The highest BCUT2D eigenvalue weighted by Crippen LogP contribution is 2.20. The molecule has 0 saturated heterocycles. The molecule has 6 N–H and O–H groups in total. The molecule has 0 unspecified atom stereocenters. The van der Waals surface area contributed by atoms with Crippen LogP contribution in [-0.2, 0) is 9.59 Å². The Hall–Kier alpha value is -2.78. The summed E-state index contributed by atoms with van der Waals surface area (Å²) >= 11 is 0. The van der Waals surface area contributed by atoms with Crippen molar-refractivity contribution in [2.75, 3.05) is 6.54 Å². The van der Waals surface area contributed by atoms with E-state index in [0.717, 1.165) is 6.07 Å². The molecule has 0 fully saturated rings. The quantitative estimate of drug-likeness (QED) is 0.438. The van der Waals surface area contributed by atoms with Crippen LogP contribution < -0.4 is 16.4 Å². The topological polar surface area (TPSA) is 142 Å². The second kappa shape index (κ2) is 8.54. The maximum absolute atomic E-state index is 13.2. The summed E-state index contributed by atoms with van der Waals surface area (Å²) < 4.78 is 13.2. The summed E-state index contributed by atoms with van der Waals surface area (Å²) in [4.78, 5) is 35.0. The summed E-state index contributed by atoms with van der Waals surface area (Å²) in [6.07, 6.45) is -1.42. The van der Waals surface area contributed by atoms with Gasteiger partial charge in [-0.1, -0.05) is 12.1 Å². The van der Waals surface area contributed by atoms with Gasteiger partial charge in [-0.25, -0.2) is 4.39 Å². The van der Waals surface area contributed by atoms with E-state index in [0.29, 0.717) is 0 Å². The van der Waals surface area contributed by atoms with Crippen LogP contribution in [0.1, 0.15) is 23.2 Å². The fourth-order valence-corrected chi connectivity index (χ4v) is 2.54. The lowest BCUT2D eigenvalue weighted by Gasteiger charge is -2.31. The molecule has 3 amide bonds. The van der Waals surface area contributed by atoms with Gasteiger partial charge in [-0.3, -0.25) is 14.4 Å². The minimum atomic E-state index is -1.32. The van der Waals surface area contributed by atoms with Gasteiger partial charge in [-0.15, -0.1) is 0 Å². The lowest BCUT2D eigenvalue weighted by molar-refractivity contribution is -0.119. The molecule has 1 aliphatic carbocycles. The van der Waals surface area contributed by atoms with Crippen molar-refractivity contribution in [2.45, 2.75) is 31.1 Å². The van der Waals surface area contributed by atoms with Crippen LogP contribution in [0, 0.1) is 5.82 Å². The van der Waals surface area contributed by atoms with Crippen molar-refractivity contribution in [3.63, 3.8) is 0 Å². The third-order valence-electron chi connectivity index (χ3n) is 3.91. The maximum Gasteiger partial charge on any atom is 0.251 e. The van der Waals surface area contributed by atoms with Gasteiger partial charge >= 0.3 is 0 Å². The molecule has 8 nitrogen and oxygen atoms in total. The number of rotatable bonds is 6. The van der Waals surface area contributed by atoms with E-state index >= 15 is 0 Å². The predicted molar refractivity (Wildman–Crippen MR) is 89.2 cm³/mol. The molecular formula is C17H20FN3O5. The van der Waals surface area contributed by atoms with Crippen molar-refractivity contribution < 1.29 is 29.0 Å². The average molecular weight is 365 g/mol. The van der Waals surface area contributed by atoms with Gasteiger partial charge in [-0.2, -0.15) is 0 Å². The van der Waals surface area contributed by atoms with E-state index in [9.17, 15) is 29.0 Å². The van der Waals surface area contributed by atoms with Gasteiger partial charge in [0.1, 0.15) is 11.9 Å². The van der Waals surface area contributed by atoms with Crippen LogP contribution in [0.25, 0.3) is 0 Å². The van der Waals surface area contributed by atoms with Gasteiger partial charge in [0, 0.05) is 30.5 Å². The number of nitrogens with one attached hydrogen (secondary N) is 2. The number of carbonyl (C=O) groups is 3. The van der Waals surface area contributed by atoms with Gasteiger partial charge in [0.15, 0.2) is 0 Å². The summed E-state index contributed by atoms with van der Waals surface area (Å²) in [5.41, 5.74) is 5.18. The predicted octanol–water partition coefficient (Wildman–Crippen LogP) is -1.03. The Kier molecular flexibility index (Phi) is 6.42. The molecule has 0 radical (unpaired) electrons. The molecule has 9 heteroatoms. The minimum Gasteiger partial charge on any atom is -0.390 e. The summed E-state index contributed by atoms with van der Waals surface area (Å²) in [6.45, 7) is 0.0322. The van der Waals surface area contributed by atoms with Gasteiger partial charge in [0.05, 0.1) is 12.1 Å². The first-order chi connectivity index (χ1) is 12.3. The number of carbonyl (C=O) groups excluding carboxylic acids is 3. The summed E-state index contributed by atoms with van der Waals surface area (Å²) in [5.74, 6) is -2.36. The van der Waals surface area contributed by atoms with Crippen LogP contribution in [-0.4, -0.2) is 52.7 Å². The SMILES string of the molecule is NC(=O)CCNC(=O)C1=C[C@@H](NC(=O)c2cccc(F)c2)[C@@H](O)[C@H](O)C1. The second-order valence-electron chi connectivity index (χ2n) is 5.94. The summed E-state index contributed by atoms with van der Waals surface area (Å²) in [7, 11) is 0. The van der Waals surface area contributed by atoms with E-state index in [1.54, 1.807) is 0 Å². The molecule has 2 rings (SSSR count). The molecule has 0 aromatic heterocycles. The molecule has 26 heavy (non-hydrogen) atoms. The van der Waals surface area contributed by atoms with Crippen LogP contribution >= 0.6 is 0 Å². The number of primary amides is 1. The number of halogens is 1. The van der Waals surface area contributed by atoms with Crippen LogP contribution in [0.5, 0.6) is 0 Å². The molecule has 1 aromatic rings. The lowest BCUT2D eigenvalue weighted by atomic mass is 9.90. The smallest absolute Gasteiger partial charge is 0.251 e. The van der Waals surface area contributed by atoms with Crippen molar-refractivity contribution in [3.8, 4) is 0 Å². The third-order valence-corrected chi connectivity index (χ3v) is 3.91. The second-order valence-corrected chi connectivity index (χ2v) is 5.94. The highest BCUT2D eigenvalue weighted by Gasteiger charge is 2.33. The number of benzene rings is 1. The van der Waals surface area contributed by atoms with Crippen LogP contribution in [0.15, 0.2) is 35.9 Å². The summed E-state index contributed by atoms with van der Waals surface area (Å²) in [6, 6.07) is 3.94. The Bertz CT molecular complexity index is 737. The largest absolute Gasteiger partial charge is 0.390 e. The van der Waals surface area contributed by atoms with Crippen LogP contribution in [0.2, 0.25) is 0 Å². The molecule has 0 aliphatic heterocycles. The monoisotopic (exact) mass is 365 g/mol. The number of hydrogen-bond acceptors (Lipinski definition) is 5. The molecular weight excluding hydrogens is 345 g/mol. The highest BCUT2D eigenvalue weighted by molar-refractivity contribution is 5.96. The molecule has 1 aromatic carbocycles. The number of aliphatic hydroxyl groups is 2. The fourth-order valence-electron chi connectivity index (χ4n) is 2.54. The van der Waals surface area contributed by atoms with E-state index < -0.39 is 41.8 Å². The van der Waals surface area contributed by atoms with Crippen molar-refractivity contribution in [1.29, 1.82) is 0 Å². The Morgan fingerprint density at radius 2 is 1.96 bits per heavy atom. The van der Waals surface area contributed by atoms with Crippen LogP contribution in [0.3, 0.4) is 0 Å². The normalized spacial score (nSPS) is 22.3. The standard InChI is InChI=1S/C17H20FN3O5/c18-11-3-1-2-9(6-11)17(26)21-12-7-10(8-13(22)15(12)24)16(25)20-5-4-14(19)23/h1-3,6-7,12-13,15,22,24H,4-5,8H2,(H2,19,23)(H,20,25)(H,21,26)/t12-,13-,15-/m1/s1. The van der Waals surface area contributed by atoms with Gasteiger partial charge in [0.25, 0.3) is 5.91 Å². The van der Waals surface area contributed by atoms with E-state index in [2.05, 4.69) is 10.6 Å². The van der Waals surface area contributed by atoms with Gasteiger partial charge in [-0.05, 0) is 18.2 Å². The Morgan fingerprint density at radius 3 is 2.62 bits per heavy atom. The van der Waals surface area contributed by atoms with Crippen molar-refractivity contribution in [2.24, 2.45) is 5.73 Å². The molecule has 0 spiro atoms.